The van der Waals surface area contributed by atoms with Crippen LogP contribution in [0.1, 0.15) is 45.6 Å². The number of hydrogen-bond donors (Lipinski definition) is 2. The molecule has 0 fully saturated rings. The smallest absolute Gasteiger partial charge is 0.188 e. The highest BCUT2D eigenvalue weighted by Crippen LogP contribution is 2.07. The van der Waals surface area contributed by atoms with Crippen LogP contribution >= 0.6 is 0 Å². The van der Waals surface area contributed by atoms with Crippen molar-refractivity contribution in [3.8, 4) is 0 Å². The molecular weight excluding hydrogens is 250 g/mol. The van der Waals surface area contributed by atoms with Crippen LogP contribution in [0.25, 0.3) is 0 Å². The summed E-state index contributed by atoms with van der Waals surface area (Å²) in [6, 6.07) is 0.379. The summed E-state index contributed by atoms with van der Waals surface area (Å²) in [5.74, 6) is 1.30. The second kappa shape index (κ2) is 8.61. The summed E-state index contributed by atoms with van der Waals surface area (Å²) in [5, 5.41) is 7.46. The molecule has 5 nitrogen and oxygen atoms in total. The normalized spacial score (nSPS) is 13.8. The van der Waals surface area contributed by atoms with Gasteiger partial charge >= 0.3 is 0 Å². The van der Waals surface area contributed by atoms with Gasteiger partial charge in [0.2, 0.25) is 0 Å². The topological polar surface area (TPSA) is 68.2 Å². The van der Waals surface area contributed by atoms with Gasteiger partial charge in [0.15, 0.2) is 5.96 Å². The van der Waals surface area contributed by atoms with Crippen molar-refractivity contribution >= 4 is 5.96 Å². The van der Waals surface area contributed by atoms with E-state index in [0.29, 0.717) is 18.5 Å². The van der Waals surface area contributed by atoms with E-state index in [4.69, 9.17) is 5.73 Å². The van der Waals surface area contributed by atoms with Crippen LogP contribution in [0, 0.1) is 12.8 Å². The molecule has 20 heavy (non-hydrogen) atoms. The fourth-order valence-electron chi connectivity index (χ4n) is 2.06. The molecule has 1 aromatic rings. The summed E-state index contributed by atoms with van der Waals surface area (Å²) >= 11 is 0. The first-order valence-electron chi connectivity index (χ1n) is 7.53. The van der Waals surface area contributed by atoms with E-state index < -0.39 is 0 Å². The zero-order valence-electron chi connectivity index (χ0n) is 13.3. The Kier molecular flexibility index (Phi) is 7.12. The molecule has 0 radical (unpaired) electrons. The molecule has 0 aliphatic carbocycles. The molecule has 114 valence electrons. The van der Waals surface area contributed by atoms with E-state index >= 15 is 0 Å². The highest BCUT2D eigenvalue weighted by molar-refractivity contribution is 5.78. The lowest BCUT2D eigenvalue weighted by molar-refractivity contribution is 0.493. The van der Waals surface area contributed by atoms with Gasteiger partial charge in [0.25, 0.3) is 0 Å². The summed E-state index contributed by atoms with van der Waals surface area (Å²) in [5.41, 5.74) is 7.05. The number of hydrogen-bond acceptors (Lipinski definition) is 2. The van der Waals surface area contributed by atoms with Crippen molar-refractivity contribution in [2.24, 2.45) is 16.6 Å². The van der Waals surface area contributed by atoms with Gasteiger partial charge in [-0.3, -0.25) is 9.67 Å². The molecule has 0 aliphatic rings. The lowest BCUT2D eigenvalue weighted by Crippen LogP contribution is -2.38. The monoisotopic (exact) mass is 279 g/mol. The van der Waals surface area contributed by atoms with Crippen molar-refractivity contribution in [1.82, 2.24) is 15.1 Å². The maximum atomic E-state index is 5.88. The van der Waals surface area contributed by atoms with Crippen LogP contribution in [0.4, 0.5) is 0 Å². The molecule has 5 heteroatoms. The third kappa shape index (κ3) is 7.16. The molecule has 0 saturated carbocycles. The van der Waals surface area contributed by atoms with Crippen molar-refractivity contribution in [1.29, 1.82) is 0 Å². The third-order valence-electron chi connectivity index (χ3n) is 3.19. The van der Waals surface area contributed by atoms with Gasteiger partial charge in [-0.15, -0.1) is 0 Å². The molecule has 0 aromatic carbocycles. The summed E-state index contributed by atoms with van der Waals surface area (Å²) in [6.07, 6.45) is 7.48. The lowest BCUT2D eigenvalue weighted by atomic mass is 10.0. The summed E-state index contributed by atoms with van der Waals surface area (Å²) in [4.78, 5) is 4.33. The van der Waals surface area contributed by atoms with E-state index in [-0.39, 0.29) is 0 Å². The van der Waals surface area contributed by atoms with Gasteiger partial charge in [0.05, 0.1) is 19.3 Å². The molecule has 0 spiro atoms. The molecule has 1 unspecified atom stereocenters. The van der Waals surface area contributed by atoms with E-state index in [1.54, 1.807) is 0 Å². The van der Waals surface area contributed by atoms with Crippen molar-refractivity contribution in [3.63, 3.8) is 0 Å². The molecule has 1 aromatic heterocycles. The number of nitrogens with two attached hydrogens (primary N) is 1. The standard InChI is InChI=1S/C15H29N5/c1-12(2)6-5-7-14(4)19-15(16)17-8-9-20-11-13(3)10-18-20/h10-12,14H,5-9H2,1-4H3,(H3,16,17,19). The van der Waals surface area contributed by atoms with E-state index in [9.17, 15) is 0 Å². The quantitative estimate of drug-likeness (QED) is 0.567. The number of aliphatic imine (C=N–C) groups is 1. The van der Waals surface area contributed by atoms with Crippen LogP contribution in [0.5, 0.6) is 0 Å². The lowest BCUT2D eigenvalue weighted by Gasteiger charge is -2.15. The van der Waals surface area contributed by atoms with Gasteiger partial charge in [0, 0.05) is 12.2 Å². The van der Waals surface area contributed by atoms with Crippen molar-refractivity contribution in [3.05, 3.63) is 18.0 Å². The number of rotatable bonds is 8. The average molecular weight is 279 g/mol. The minimum atomic E-state index is 0.379. The molecule has 1 atom stereocenters. The Hall–Kier alpha value is -1.52. The SMILES string of the molecule is Cc1cnn(CCN=C(N)NC(C)CCCC(C)C)c1. The maximum Gasteiger partial charge on any atom is 0.188 e. The van der Waals surface area contributed by atoms with Crippen molar-refractivity contribution in [2.75, 3.05) is 6.54 Å². The van der Waals surface area contributed by atoms with E-state index in [2.05, 4.69) is 36.2 Å². The average Bonchev–Trinajstić information content (AvgIpc) is 2.74. The molecular formula is C15H29N5. The van der Waals surface area contributed by atoms with Gasteiger partial charge in [-0.1, -0.05) is 26.7 Å². The fraction of sp³-hybridized carbons (Fsp3) is 0.733. The predicted octanol–water partition coefficient (Wildman–Crippen LogP) is 2.31. The molecule has 3 N–H and O–H groups in total. The molecule has 0 aliphatic heterocycles. The Morgan fingerprint density at radius 3 is 2.75 bits per heavy atom. The Labute approximate surface area is 122 Å². The van der Waals surface area contributed by atoms with Gasteiger partial charge in [-0.2, -0.15) is 5.10 Å². The van der Waals surface area contributed by atoms with Gasteiger partial charge in [-0.25, -0.2) is 0 Å². The zero-order chi connectivity index (χ0) is 15.0. The van der Waals surface area contributed by atoms with Gasteiger partial charge < -0.3 is 11.1 Å². The highest BCUT2D eigenvalue weighted by atomic mass is 15.3. The zero-order valence-corrected chi connectivity index (χ0v) is 13.3. The maximum absolute atomic E-state index is 5.88. The Morgan fingerprint density at radius 2 is 2.15 bits per heavy atom. The van der Waals surface area contributed by atoms with E-state index in [1.165, 1.54) is 18.4 Å². The predicted molar refractivity (Wildman–Crippen MR) is 84.7 cm³/mol. The highest BCUT2D eigenvalue weighted by Gasteiger charge is 2.03. The molecule has 0 bridgehead atoms. The van der Waals surface area contributed by atoms with Crippen LogP contribution in [0.2, 0.25) is 0 Å². The number of guanidine groups is 1. The summed E-state index contributed by atoms with van der Waals surface area (Å²) in [6.45, 7) is 10.1. The number of aryl methyl sites for hydroxylation is 1. The van der Waals surface area contributed by atoms with Crippen LogP contribution < -0.4 is 11.1 Å². The largest absolute Gasteiger partial charge is 0.370 e. The first kappa shape index (κ1) is 16.5. The molecule has 0 saturated heterocycles. The van der Waals surface area contributed by atoms with E-state index in [0.717, 1.165) is 18.9 Å². The van der Waals surface area contributed by atoms with Crippen LogP contribution in [0.3, 0.4) is 0 Å². The minimum Gasteiger partial charge on any atom is -0.370 e. The van der Waals surface area contributed by atoms with Crippen LogP contribution in [-0.4, -0.2) is 28.3 Å². The van der Waals surface area contributed by atoms with Crippen molar-refractivity contribution in [2.45, 2.75) is 59.5 Å². The molecule has 1 heterocycles. The summed E-state index contributed by atoms with van der Waals surface area (Å²) < 4.78 is 1.89. The van der Waals surface area contributed by atoms with Crippen LogP contribution in [-0.2, 0) is 6.54 Å². The first-order valence-corrected chi connectivity index (χ1v) is 7.53. The fourth-order valence-corrected chi connectivity index (χ4v) is 2.06. The summed E-state index contributed by atoms with van der Waals surface area (Å²) in [7, 11) is 0. The second-order valence-corrected chi connectivity index (χ2v) is 5.92. The third-order valence-corrected chi connectivity index (χ3v) is 3.19. The van der Waals surface area contributed by atoms with Crippen molar-refractivity contribution < 1.29 is 0 Å². The number of aromatic nitrogens is 2. The minimum absolute atomic E-state index is 0.379. The Morgan fingerprint density at radius 1 is 1.40 bits per heavy atom. The molecule has 1 rings (SSSR count). The van der Waals surface area contributed by atoms with Gasteiger partial charge in [-0.05, 0) is 31.7 Å². The van der Waals surface area contributed by atoms with E-state index in [1.807, 2.05) is 24.0 Å². The first-order chi connectivity index (χ1) is 9.47. The Balaban J connectivity index is 2.20. The number of nitrogens with one attached hydrogen (secondary N) is 1. The van der Waals surface area contributed by atoms with Crippen LogP contribution in [0.15, 0.2) is 17.4 Å². The van der Waals surface area contributed by atoms with Gasteiger partial charge in [0.1, 0.15) is 0 Å². The molecule has 0 amide bonds. The second-order valence-electron chi connectivity index (χ2n) is 5.92. The Bertz CT molecular complexity index is 408. The number of nitrogens with zero attached hydrogens (tertiary/aromatic N) is 3.